The minimum absolute atomic E-state index is 0.0288. The molecule has 4 aromatic rings. The van der Waals surface area contributed by atoms with Crippen molar-refractivity contribution >= 4 is 5.91 Å². The van der Waals surface area contributed by atoms with Crippen LogP contribution >= 0.6 is 0 Å². The Morgan fingerprint density at radius 1 is 1.06 bits per heavy atom. The molecule has 6 heteroatoms. The zero-order valence-electron chi connectivity index (χ0n) is 19.3. The van der Waals surface area contributed by atoms with Crippen molar-refractivity contribution in [1.29, 1.82) is 0 Å². The summed E-state index contributed by atoms with van der Waals surface area (Å²) in [4.78, 5) is 32.8. The fourth-order valence-corrected chi connectivity index (χ4v) is 4.59. The van der Waals surface area contributed by atoms with Crippen LogP contribution in [0.2, 0.25) is 0 Å². The van der Waals surface area contributed by atoms with Gasteiger partial charge in [0.15, 0.2) is 0 Å². The number of benzene rings is 1. The summed E-state index contributed by atoms with van der Waals surface area (Å²) >= 11 is 0. The minimum atomic E-state index is 0.0288. The Morgan fingerprint density at radius 2 is 1.91 bits per heavy atom. The fourth-order valence-electron chi connectivity index (χ4n) is 4.59. The standard InChI is InChI=1S/C28H27N5O/c1-20-5-2-6-21(13-20)14-25-8-3-9-26(32-25)23-7-4-12-33(18-23)28(34)22-10-11-31-27(15-22)24-16-29-19-30-17-24/h2-3,5-6,8-11,13,15-17,19,23H,4,7,12,14,18H2,1H3/t23-/m0/s1. The molecule has 34 heavy (non-hydrogen) atoms. The van der Waals surface area contributed by atoms with Crippen LogP contribution < -0.4 is 0 Å². The summed E-state index contributed by atoms with van der Waals surface area (Å²) in [7, 11) is 0. The third-order valence-electron chi connectivity index (χ3n) is 6.29. The molecule has 1 aromatic carbocycles. The predicted molar refractivity (Wildman–Crippen MR) is 131 cm³/mol. The smallest absolute Gasteiger partial charge is 0.254 e. The van der Waals surface area contributed by atoms with Crippen LogP contribution in [-0.2, 0) is 6.42 Å². The number of hydrogen-bond acceptors (Lipinski definition) is 5. The largest absolute Gasteiger partial charge is 0.338 e. The zero-order chi connectivity index (χ0) is 23.3. The quantitative estimate of drug-likeness (QED) is 0.435. The molecule has 0 radical (unpaired) electrons. The SMILES string of the molecule is Cc1cccc(Cc2cccc([C@H]3CCCN(C(=O)c4ccnc(-c5cncnc5)c4)C3)n2)c1. The maximum Gasteiger partial charge on any atom is 0.254 e. The van der Waals surface area contributed by atoms with Gasteiger partial charge in [-0.05, 0) is 49.6 Å². The summed E-state index contributed by atoms with van der Waals surface area (Å²) in [5.74, 6) is 0.264. The molecular weight excluding hydrogens is 422 g/mol. The second-order valence-electron chi connectivity index (χ2n) is 8.87. The number of nitrogens with zero attached hydrogens (tertiary/aromatic N) is 5. The van der Waals surface area contributed by atoms with Crippen molar-refractivity contribution in [2.75, 3.05) is 13.1 Å². The van der Waals surface area contributed by atoms with E-state index in [1.54, 1.807) is 24.7 Å². The van der Waals surface area contributed by atoms with E-state index in [4.69, 9.17) is 4.98 Å². The molecule has 0 aliphatic carbocycles. The number of amides is 1. The van der Waals surface area contributed by atoms with Crippen molar-refractivity contribution in [1.82, 2.24) is 24.8 Å². The van der Waals surface area contributed by atoms with Crippen molar-refractivity contribution in [3.63, 3.8) is 0 Å². The zero-order valence-corrected chi connectivity index (χ0v) is 19.3. The number of likely N-dealkylation sites (tertiary alicyclic amines) is 1. The summed E-state index contributed by atoms with van der Waals surface area (Å²) in [5.41, 5.74) is 6.79. The van der Waals surface area contributed by atoms with Crippen molar-refractivity contribution in [3.8, 4) is 11.3 Å². The van der Waals surface area contributed by atoms with Crippen molar-refractivity contribution < 1.29 is 4.79 Å². The van der Waals surface area contributed by atoms with Crippen LogP contribution in [-0.4, -0.2) is 43.8 Å². The van der Waals surface area contributed by atoms with Gasteiger partial charge in [0.05, 0.1) is 5.69 Å². The maximum atomic E-state index is 13.3. The number of pyridine rings is 2. The van der Waals surface area contributed by atoms with Crippen LogP contribution in [0.1, 0.15) is 51.6 Å². The lowest BCUT2D eigenvalue weighted by Crippen LogP contribution is -2.39. The lowest BCUT2D eigenvalue weighted by atomic mass is 9.93. The van der Waals surface area contributed by atoms with Crippen LogP contribution in [0.3, 0.4) is 0 Å². The molecule has 4 heterocycles. The first-order valence-electron chi connectivity index (χ1n) is 11.7. The molecule has 170 valence electrons. The monoisotopic (exact) mass is 449 g/mol. The maximum absolute atomic E-state index is 13.3. The lowest BCUT2D eigenvalue weighted by Gasteiger charge is -2.32. The molecule has 6 nitrogen and oxygen atoms in total. The third kappa shape index (κ3) is 5.01. The molecule has 0 saturated carbocycles. The van der Waals surface area contributed by atoms with Gasteiger partial charge in [0.1, 0.15) is 6.33 Å². The van der Waals surface area contributed by atoms with Gasteiger partial charge in [0, 0.05) is 66.5 Å². The number of hydrogen-bond donors (Lipinski definition) is 0. The molecule has 0 bridgehead atoms. The molecule has 1 atom stereocenters. The molecular formula is C28H27N5O. The Hall–Kier alpha value is -3.93. The summed E-state index contributed by atoms with van der Waals surface area (Å²) in [5, 5.41) is 0. The second-order valence-corrected chi connectivity index (χ2v) is 8.87. The van der Waals surface area contributed by atoms with Crippen LogP contribution in [0, 0.1) is 6.92 Å². The Balaban J connectivity index is 1.31. The lowest BCUT2D eigenvalue weighted by molar-refractivity contribution is 0.0706. The van der Waals surface area contributed by atoms with E-state index in [9.17, 15) is 4.79 Å². The average Bonchev–Trinajstić information content (AvgIpc) is 2.89. The summed E-state index contributed by atoms with van der Waals surface area (Å²) in [6.07, 6.45) is 9.38. The number of aryl methyl sites for hydroxylation is 1. The highest BCUT2D eigenvalue weighted by molar-refractivity contribution is 5.95. The average molecular weight is 450 g/mol. The van der Waals surface area contributed by atoms with E-state index < -0.39 is 0 Å². The van der Waals surface area contributed by atoms with E-state index in [-0.39, 0.29) is 11.8 Å². The number of carbonyl (C=O) groups is 1. The van der Waals surface area contributed by atoms with E-state index in [0.717, 1.165) is 42.8 Å². The molecule has 0 N–H and O–H groups in total. The molecule has 1 aliphatic heterocycles. The second kappa shape index (κ2) is 9.91. The highest BCUT2D eigenvalue weighted by Crippen LogP contribution is 2.27. The fraction of sp³-hybridized carbons (Fsp3) is 0.250. The van der Waals surface area contributed by atoms with Crippen LogP contribution in [0.25, 0.3) is 11.3 Å². The van der Waals surface area contributed by atoms with Crippen LogP contribution in [0.4, 0.5) is 0 Å². The number of rotatable bonds is 5. The van der Waals surface area contributed by atoms with Gasteiger partial charge in [-0.2, -0.15) is 0 Å². The van der Waals surface area contributed by atoms with Crippen molar-refractivity contribution in [2.24, 2.45) is 0 Å². The Kier molecular flexibility index (Phi) is 6.38. The van der Waals surface area contributed by atoms with Gasteiger partial charge in [-0.15, -0.1) is 0 Å². The van der Waals surface area contributed by atoms with E-state index in [0.29, 0.717) is 17.8 Å². The van der Waals surface area contributed by atoms with Gasteiger partial charge in [0.25, 0.3) is 5.91 Å². The van der Waals surface area contributed by atoms with Gasteiger partial charge in [-0.1, -0.05) is 35.9 Å². The Morgan fingerprint density at radius 3 is 2.76 bits per heavy atom. The molecule has 1 fully saturated rings. The third-order valence-corrected chi connectivity index (χ3v) is 6.29. The minimum Gasteiger partial charge on any atom is -0.338 e. The summed E-state index contributed by atoms with van der Waals surface area (Å²) in [6.45, 7) is 3.54. The van der Waals surface area contributed by atoms with Crippen LogP contribution in [0.15, 0.2) is 79.5 Å². The van der Waals surface area contributed by atoms with Gasteiger partial charge in [-0.25, -0.2) is 9.97 Å². The molecule has 1 amide bonds. The molecule has 5 rings (SSSR count). The Labute approximate surface area is 199 Å². The number of aromatic nitrogens is 4. The molecule has 0 unspecified atom stereocenters. The van der Waals surface area contributed by atoms with Crippen molar-refractivity contribution in [3.05, 3.63) is 108 Å². The summed E-state index contributed by atoms with van der Waals surface area (Å²) in [6, 6.07) is 18.4. The normalized spacial score (nSPS) is 15.8. The van der Waals surface area contributed by atoms with E-state index in [2.05, 4.69) is 64.3 Å². The Bertz CT molecular complexity index is 1290. The predicted octanol–water partition coefficient (Wildman–Crippen LogP) is 4.85. The van der Waals surface area contributed by atoms with Gasteiger partial charge < -0.3 is 4.90 Å². The highest BCUT2D eigenvalue weighted by atomic mass is 16.2. The molecule has 3 aromatic heterocycles. The molecule has 1 aliphatic rings. The number of carbonyl (C=O) groups excluding carboxylic acids is 1. The van der Waals surface area contributed by atoms with Gasteiger partial charge in [0.2, 0.25) is 0 Å². The topological polar surface area (TPSA) is 71.9 Å². The molecule has 1 saturated heterocycles. The molecule has 0 spiro atoms. The van der Waals surface area contributed by atoms with Crippen LogP contribution in [0.5, 0.6) is 0 Å². The number of piperidine rings is 1. The summed E-state index contributed by atoms with van der Waals surface area (Å²) < 4.78 is 0. The highest BCUT2D eigenvalue weighted by Gasteiger charge is 2.26. The van der Waals surface area contributed by atoms with Crippen molar-refractivity contribution in [2.45, 2.75) is 32.1 Å². The first kappa shape index (κ1) is 21.9. The first-order chi connectivity index (χ1) is 16.7. The van der Waals surface area contributed by atoms with Gasteiger partial charge in [-0.3, -0.25) is 14.8 Å². The first-order valence-corrected chi connectivity index (χ1v) is 11.7. The van der Waals surface area contributed by atoms with E-state index >= 15 is 0 Å². The van der Waals surface area contributed by atoms with Gasteiger partial charge >= 0.3 is 0 Å². The van der Waals surface area contributed by atoms with E-state index in [1.165, 1.54) is 17.5 Å². The van der Waals surface area contributed by atoms with E-state index in [1.807, 2.05) is 11.0 Å².